The van der Waals surface area contributed by atoms with Gasteiger partial charge in [0.15, 0.2) is 5.60 Å². The number of methoxy groups -OCH3 is 2. The van der Waals surface area contributed by atoms with Crippen LogP contribution in [-0.4, -0.2) is 46.8 Å². The van der Waals surface area contributed by atoms with Gasteiger partial charge in [0.25, 0.3) is 0 Å². The molecule has 2 heterocycles. The van der Waals surface area contributed by atoms with E-state index >= 15 is 0 Å². The van der Waals surface area contributed by atoms with Crippen LogP contribution in [-0.2, 0) is 20.5 Å². The van der Waals surface area contributed by atoms with Crippen molar-refractivity contribution in [2.45, 2.75) is 55.4 Å². The second-order valence-electron chi connectivity index (χ2n) is 13.4. The van der Waals surface area contributed by atoms with Crippen LogP contribution in [0.2, 0.25) is 0 Å². The molecule has 5 nitrogen and oxygen atoms in total. The molecule has 6 heteroatoms. The first-order chi connectivity index (χ1) is 24.0. The molecule has 4 aliphatic rings. The number of rotatable bonds is 8. The maximum absolute atomic E-state index is 7.68. The summed E-state index contributed by atoms with van der Waals surface area (Å²) in [6, 6.07) is 22.4. The summed E-state index contributed by atoms with van der Waals surface area (Å²) in [5, 5.41) is 2.43. The van der Waals surface area contributed by atoms with E-state index in [0.29, 0.717) is 0 Å². The highest BCUT2D eigenvalue weighted by atomic mass is 32.2. The van der Waals surface area contributed by atoms with Crippen LogP contribution in [0, 0.1) is 0 Å². The molecule has 4 aromatic carbocycles. The summed E-state index contributed by atoms with van der Waals surface area (Å²) in [6.07, 6.45) is 14.9. The van der Waals surface area contributed by atoms with Crippen molar-refractivity contribution in [3.63, 3.8) is 0 Å². The molecular weight excluding hydrogens is 627 g/mol. The van der Waals surface area contributed by atoms with Gasteiger partial charge in [-0.05, 0) is 95.1 Å². The van der Waals surface area contributed by atoms with Crippen LogP contribution in [0.25, 0.3) is 28.0 Å². The van der Waals surface area contributed by atoms with Crippen molar-refractivity contribution in [2.24, 2.45) is 0 Å². The predicted octanol–water partition coefficient (Wildman–Crippen LogP) is 10.0. The van der Waals surface area contributed by atoms with E-state index in [0.717, 1.165) is 74.8 Å². The van der Waals surface area contributed by atoms with Crippen LogP contribution in [0.1, 0.15) is 61.8 Å². The second-order valence-corrected chi connectivity index (χ2v) is 14.3. The molecule has 0 spiro atoms. The number of thioether (sulfide) groups is 1. The third kappa shape index (κ3) is 4.85. The summed E-state index contributed by atoms with van der Waals surface area (Å²) in [5.74, 6) is 2.79. The minimum Gasteiger partial charge on any atom is -0.501 e. The van der Waals surface area contributed by atoms with Crippen molar-refractivity contribution >= 4 is 34.3 Å². The zero-order valence-electron chi connectivity index (χ0n) is 29.2. The summed E-state index contributed by atoms with van der Waals surface area (Å²) in [6.45, 7) is 7.98. The molecule has 0 amide bonds. The first-order valence-electron chi connectivity index (χ1n) is 17.6. The number of benzene rings is 4. The van der Waals surface area contributed by atoms with Crippen LogP contribution in [0.5, 0.6) is 11.5 Å². The molecule has 49 heavy (non-hydrogen) atoms. The lowest BCUT2D eigenvalue weighted by molar-refractivity contribution is 0.122. The number of hydrogen-bond donors (Lipinski definition) is 0. The van der Waals surface area contributed by atoms with E-state index in [1.165, 1.54) is 54.7 Å². The highest BCUT2D eigenvalue weighted by molar-refractivity contribution is 7.98. The molecule has 1 atom stereocenters. The van der Waals surface area contributed by atoms with Gasteiger partial charge in [0.05, 0.1) is 38.9 Å². The van der Waals surface area contributed by atoms with E-state index in [2.05, 4.69) is 97.8 Å². The van der Waals surface area contributed by atoms with Gasteiger partial charge in [0.1, 0.15) is 11.5 Å². The number of fused-ring (bicyclic) bond motifs is 8. The Morgan fingerprint density at radius 3 is 2.33 bits per heavy atom. The summed E-state index contributed by atoms with van der Waals surface area (Å²) < 4.78 is 24.7. The van der Waals surface area contributed by atoms with Gasteiger partial charge in [0.2, 0.25) is 0 Å². The Bertz CT molecular complexity index is 2020. The number of hydrogen-bond acceptors (Lipinski definition) is 6. The summed E-state index contributed by atoms with van der Waals surface area (Å²) in [7, 11) is 3.47. The van der Waals surface area contributed by atoms with Crippen LogP contribution in [0.15, 0.2) is 95.1 Å². The molecule has 2 aliphatic carbocycles. The minimum atomic E-state index is -0.787. The lowest BCUT2D eigenvalue weighted by Gasteiger charge is -2.41. The topological polar surface area (TPSA) is 40.2 Å². The summed E-state index contributed by atoms with van der Waals surface area (Å²) in [5.41, 5.74) is 9.45. The number of allylic oxidation sites excluding steroid dienone is 3. The van der Waals surface area contributed by atoms with E-state index in [-0.39, 0.29) is 5.41 Å². The second kappa shape index (κ2) is 12.6. The number of morpholine rings is 1. The standard InChI is InChI=1S/C43H45NO4S/c1-6-42(7-2)36-11-9-8-10-32(36)39-34-26-37(44-22-24-47-25-23-44)38(49-5)27-35(34)41-33(40(39)42)20-21-43(48-41,28-12-16-30(45-3)17-13-28)29-14-18-31(46-4)19-15-29/h8-14,16-18,20-21,26-27H,6-7,15,19,22-25H2,1-5H3. The van der Waals surface area contributed by atoms with Gasteiger partial charge < -0.3 is 23.8 Å². The molecule has 8 rings (SSSR count). The van der Waals surface area contributed by atoms with Gasteiger partial charge in [-0.25, -0.2) is 0 Å². The smallest absolute Gasteiger partial charge is 0.174 e. The molecule has 1 fully saturated rings. The van der Waals surface area contributed by atoms with Crippen molar-refractivity contribution in [3.05, 3.63) is 112 Å². The van der Waals surface area contributed by atoms with Gasteiger partial charge in [-0.15, -0.1) is 11.8 Å². The lowest BCUT2D eigenvalue weighted by atomic mass is 9.71. The largest absolute Gasteiger partial charge is 0.501 e. The fourth-order valence-electron chi connectivity index (χ4n) is 8.83. The van der Waals surface area contributed by atoms with Crippen LogP contribution in [0.4, 0.5) is 5.69 Å². The van der Waals surface area contributed by atoms with Gasteiger partial charge in [0, 0.05) is 46.3 Å². The molecule has 0 aromatic heterocycles. The Morgan fingerprint density at radius 1 is 0.878 bits per heavy atom. The molecule has 0 saturated carbocycles. The minimum absolute atomic E-state index is 0.116. The fraction of sp³-hybridized carbons (Fsp3) is 0.349. The zero-order chi connectivity index (χ0) is 33.8. The van der Waals surface area contributed by atoms with E-state index in [9.17, 15) is 0 Å². The van der Waals surface area contributed by atoms with Crippen molar-refractivity contribution < 1.29 is 18.9 Å². The molecule has 0 bridgehead atoms. The van der Waals surface area contributed by atoms with E-state index < -0.39 is 5.60 Å². The van der Waals surface area contributed by atoms with E-state index in [1.54, 1.807) is 14.2 Å². The van der Waals surface area contributed by atoms with Crippen LogP contribution in [0.3, 0.4) is 0 Å². The molecule has 252 valence electrons. The lowest BCUT2D eigenvalue weighted by Crippen LogP contribution is -2.37. The number of ether oxygens (including phenoxy) is 4. The van der Waals surface area contributed by atoms with Gasteiger partial charge in [-0.3, -0.25) is 0 Å². The van der Waals surface area contributed by atoms with Gasteiger partial charge in [-0.1, -0.05) is 62.4 Å². The molecule has 1 saturated heterocycles. The highest BCUT2D eigenvalue weighted by Gasteiger charge is 2.47. The van der Waals surface area contributed by atoms with Crippen molar-refractivity contribution in [2.75, 3.05) is 51.7 Å². The summed E-state index contributed by atoms with van der Waals surface area (Å²) in [4.78, 5) is 3.77. The quantitative estimate of drug-likeness (QED) is 0.174. The average molecular weight is 672 g/mol. The van der Waals surface area contributed by atoms with Gasteiger partial charge in [-0.2, -0.15) is 0 Å². The first-order valence-corrected chi connectivity index (χ1v) is 18.9. The summed E-state index contributed by atoms with van der Waals surface area (Å²) >= 11 is 1.81. The van der Waals surface area contributed by atoms with Crippen molar-refractivity contribution in [3.8, 4) is 22.6 Å². The van der Waals surface area contributed by atoms with E-state index in [4.69, 9.17) is 18.9 Å². The third-order valence-corrected chi connectivity index (χ3v) is 12.2. The van der Waals surface area contributed by atoms with Crippen molar-refractivity contribution in [1.82, 2.24) is 0 Å². The number of anilines is 1. The molecule has 0 radical (unpaired) electrons. The SMILES string of the molecule is CCC1(CC)c2ccccc2-c2c1c1c(c3cc(SC)c(N4CCOCC4)cc23)OC(C2=CC=C(OC)CC2)(c2ccc(OC)cc2)C=C1. The molecule has 0 N–H and O–H groups in total. The fourth-order valence-corrected chi connectivity index (χ4v) is 9.47. The normalized spacial score (nSPS) is 20.6. The highest BCUT2D eigenvalue weighted by Crippen LogP contribution is 2.61. The maximum atomic E-state index is 7.68. The Kier molecular flexibility index (Phi) is 8.28. The zero-order valence-corrected chi connectivity index (χ0v) is 30.0. The molecule has 2 aliphatic heterocycles. The third-order valence-electron chi connectivity index (χ3n) is 11.5. The molecule has 1 unspecified atom stereocenters. The van der Waals surface area contributed by atoms with Crippen LogP contribution < -0.4 is 14.4 Å². The van der Waals surface area contributed by atoms with Crippen molar-refractivity contribution in [1.29, 1.82) is 0 Å². The Balaban J connectivity index is 1.45. The van der Waals surface area contributed by atoms with Gasteiger partial charge >= 0.3 is 0 Å². The molecule has 4 aromatic rings. The molecular formula is C43H45NO4S. The van der Waals surface area contributed by atoms with E-state index in [1.807, 2.05) is 23.9 Å². The van der Waals surface area contributed by atoms with Crippen LogP contribution >= 0.6 is 11.8 Å². The Hall–Kier alpha value is -4.13. The predicted molar refractivity (Wildman–Crippen MR) is 202 cm³/mol. The maximum Gasteiger partial charge on any atom is 0.174 e. The Morgan fingerprint density at radius 2 is 1.65 bits per heavy atom. The number of nitrogens with zero attached hydrogens (tertiary/aromatic N) is 1. The monoisotopic (exact) mass is 671 g/mol. The average Bonchev–Trinajstić information content (AvgIpc) is 3.48. The first kappa shape index (κ1) is 32.1. The Labute approximate surface area is 294 Å².